The summed E-state index contributed by atoms with van der Waals surface area (Å²) < 4.78 is 21.1. The minimum Gasteiger partial charge on any atom is -0.493 e. The predicted molar refractivity (Wildman–Crippen MR) is 111 cm³/mol. The molecule has 0 aliphatic heterocycles. The molecular formula is C24H22O6. The summed E-state index contributed by atoms with van der Waals surface area (Å²) >= 11 is 0. The third kappa shape index (κ3) is 6.10. The van der Waals surface area contributed by atoms with E-state index >= 15 is 0 Å². The number of carbonyl (C=O) groups is 2. The molecule has 6 heteroatoms. The molecule has 0 bridgehead atoms. The van der Waals surface area contributed by atoms with Crippen LogP contribution in [0.15, 0.2) is 78.9 Å². The van der Waals surface area contributed by atoms with Crippen molar-refractivity contribution < 1.29 is 28.5 Å². The molecule has 0 fully saturated rings. The van der Waals surface area contributed by atoms with Gasteiger partial charge in [0.25, 0.3) is 0 Å². The van der Waals surface area contributed by atoms with Gasteiger partial charge < -0.3 is 18.9 Å². The van der Waals surface area contributed by atoms with Gasteiger partial charge in [-0.2, -0.15) is 0 Å². The first-order chi connectivity index (χ1) is 14.7. The van der Waals surface area contributed by atoms with Gasteiger partial charge in [0, 0.05) is 6.42 Å². The molecule has 3 aromatic rings. The van der Waals surface area contributed by atoms with Gasteiger partial charge in [-0.3, -0.25) is 0 Å². The summed E-state index contributed by atoms with van der Waals surface area (Å²) in [6.07, 6.45) is 0.647. The standard InChI is InChI=1S/C24H22O6/c1-27-21-9-5-6-10-22(21)29-17-23(25)30-20-13-11-19(12-14-20)24(26)28-16-15-18-7-3-2-4-8-18/h2-14H,15-17H2,1H3. The fourth-order valence-electron chi connectivity index (χ4n) is 2.68. The first-order valence-electron chi connectivity index (χ1n) is 9.43. The normalized spacial score (nSPS) is 10.2. The molecule has 0 N–H and O–H groups in total. The highest BCUT2D eigenvalue weighted by Gasteiger charge is 2.11. The Morgan fingerprint density at radius 1 is 0.800 bits per heavy atom. The van der Waals surface area contributed by atoms with E-state index in [9.17, 15) is 9.59 Å². The predicted octanol–water partition coefficient (Wildman–Crippen LogP) is 4.08. The molecule has 3 aromatic carbocycles. The van der Waals surface area contributed by atoms with Crippen LogP contribution in [0.5, 0.6) is 17.2 Å². The highest BCUT2D eigenvalue weighted by Crippen LogP contribution is 2.25. The monoisotopic (exact) mass is 406 g/mol. The summed E-state index contributed by atoms with van der Waals surface area (Å²) in [5, 5.41) is 0. The average molecular weight is 406 g/mol. The van der Waals surface area contributed by atoms with Gasteiger partial charge in [0.1, 0.15) is 5.75 Å². The Morgan fingerprint density at radius 2 is 1.47 bits per heavy atom. The Labute approximate surface area is 175 Å². The Bertz CT molecular complexity index is 967. The van der Waals surface area contributed by atoms with Gasteiger partial charge in [-0.1, -0.05) is 42.5 Å². The molecule has 6 nitrogen and oxygen atoms in total. The maximum Gasteiger partial charge on any atom is 0.349 e. The van der Waals surface area contributed by atoms with Crippen molar-refractivity contribution in [2.75, 3.05) is 20.3 Å². The highest BCUT2D eigenvalue weighted by molar-refractivity contribution is 5.89. The molecule has 30 heavy (non-hydrogen) atoms. The van der Waals surface area contributed by atoms with Crippen LogP contribution in [0.4, 0.5) is 0 Å². The fourth-order valence-corrected chi connectivity index (χ4v) is 2.68. The van der Waals surface area contributed by atoms with E-state index in [2.05, 4.69) is 0 Å². The van der Waals surface area contributed by atoms with E-state index in [0.29, 0.717) is 35.8 Å². The van der Waals surface area contributed by atoms with Gasteiger partial charge in [-0.05, 0) is 42.0 Å². The maximum atomic E-state index is 12.1. The van der Waals surface area contributed by atoms with Crippen molar-refractivity contribution >= 4 is 11.9 Å². The minimum absolute atomic E-state index is 0.274. The number of rotatable bonds is 9. The Balaban J connectivity index is 1.45. The number of para-hydroxylation sites is 2. The smallest absolute Gasteiger partial charge is 0.349 e. The molecule has 0 spiro atoms. The fraction of sp³-hybridized carbons (Fsp3) is 0.167. The summed E-state index contributed by atoms with van der Waals surface area (Å²) in [4.78, 5) is 24.1. The summed E-state index contributed by atoms with van der Waals surface area (Å²) in [6.45, 7) is 0.0174. The lowest BCUT2D eigenvalue weighted by molar-refractivity contribution is -0.136. The Hall–Kier alpha value is -3.80. The van der Waals surface area contributed by atoms with Gasteiger partial charge in [0.15, 0.2) is 18.1 Å². The van der Waals surface area contributed by atoms with Crippen molar-refractivity contribution in [1.29, 1.82) is 0 Å². The lowest BCUT2D eigenvalue weighted by Gasteiger charge is -2.10. The minimum atomic E-state index is -0.570. The molecule has 0 amide bonds. The first kappa shape index (κ1) is 20.9. The van der Waals surface area contributed by atoms with E-state index < -0.39 is 11.9 Å². The summed E-state index contributed by atoms with van der Waals surface area (Å²) in [5.41, 5.74) is 1.48. The van der Waals surface area contributed by atoms with Crippen LogP contribution >= 0.6 is 0 Å². The van der Waals surface area contributed by atoms with Crippen molar-refractivity contribution in [2.45, 2.75) is 6.42 Å². The van der Waals surface area contributed by atoms with Crippen LogP contribution in [0.2, 0.25) is 0 Å². The molecular weight excluding hydrogens is 384 g/mol. The maximum absolute atomic E-state index is 12.1. The molecule has 0 unspecified atom stereocenters. The van der Waals surface area contributed by atoms with Crippen LogP contribution in [0.3, 0.4) is 0 Å². The van der Waals surface area contributed by atoms with Gasteiger partial charge in [0.05, 0.1) is 19.3 Å². The quantitative estimate of drug-likeness (QED) is 0.394. The number of methoxy groups -OCH3 is 1. The van der Waals surface area contributed by atoms with Gasteiger partial charge in [-0.15, -0.1) is 0 Å². The van der Waals surface area contributed by atoms with E-state index in [4.69, 9.17) is 18.9 Å². The summed E-state index contributed by atoms with van der Waals surface area (Å²) in [6, 6.07) is 23.0. The lowest BCUT2D eigenvalue weighted by Crippen LogP contribution is -2.18. The van der Waals surface area contributed by atoms with E-state index in [1.165, 1.54) is 19.2 Å². The zero-order valence-corrected chi connectivity index (χ0v) is 16.6. The third-order valence-corrected chi connectivity index (χ3v) is 4.20. The Kier molecular flexibility index (Phi) is 7.44. The summed E-state index contributed by atoms with van der Waals surface area (Å²) in [5.74, 6) is 0.290. The summed E-state index contributed by atoms with van der Waals surface area (Å²) in [7, 11) is 1.52. The molecule has 154 valence electrons. The number of carbonyl (C=O) groups excluding carboxylic acids is 2. The topological polar surface area (TPSA) is 71.1 Å². The second-order valence-electron chi connectivity index (χ2n) is 6.31. The van der Waals surface area contributed by atoms with Crippen molar-refractivity contribution in [2.24, 2.45) is 0 Å². The third-order valence-electron chi connectivity index (χ3n) is 4.20. The molecule has 0 radical (unpaired) electrons. The van der Waals surface area contributed by atoms with E-state index in [1.807, 2.05) is 30.3 Å². The van der Waals surface area contributed by atoms with Crippen LogP contribution in [0.1, 0.15) is 15.9 Å². The van der Waals surface area contributed by atoms with E-state index in [0.717, 1.165) is 5.56 Å². The van der Waals surface area contributed by atoms with Gasteiger partial charge >= 0.3 is 11.9 Å². The zero-order valence-electron chi connectivity index (χ0n) is 16.6. The second-order valence-corrected chi connectivity index (χ2v) is 6.31. The molecule has 0 saturated heterocycles. The number of hydrogen-bond acceptors (Lipinski definition) is 6. The molecule has 0 aliphatic carbocycles. The second kappa shape index (κ2) is 10.7. The number of ether oxygens (including phenoxy) is 4. The van der Waals surface area contributed by atoms with Crippen molar-refractivity contribution in [1.82, 2.24) is 0 Å². The highest BCUT2D eigenvalue weighted by atomic mass is 16.6. The largest absolute Gasteiger partial charge is 0.493 e. The van der Waals surface area contributed by atoms with Crippen LogP contribution < -0.4 is 14.2 Å². The first-order valence-corrected chi connectivity index (χ1v) is 9.43. The zero-order chi connectivity index (χ0) is 21.2. The van der Waals surface area contributed by atoms with Crippen molar-refractivity contribution in [3.63, 3.8) is 0 Å². The van der Waals surface area contributed by atoms with Gasteiger partial charge in [-0.25, -0.2) is 9.59 Å². The molecule has 0 aromatic heterocycles. The van der Waals surface area contributed by atoms with E-state index in [-0.39, 0.29) is 6.61 Å². The molecule has 0 saturated carbocycles. The van der Waals surface area contributed by atoms with Crippen LogP contribution in [0, 0.1) is 0 Å². The van der Waals surface area contributed by atoms with E-state index in [1.54, 1.807) is 36.4 Å². The molecule has 0 heterocycles. The molecule has 0 aliphatic rings. The molecule has 3 rings (SSSR count). The molecule has 0 atom stereocenters. The Morgan fingerprint density at radius 3 is 2.17 bits per heavy atom. The van der Waals surface area contributed by atoms with Crippen LogP contribution in [0.25, 0.3) is 0 Å². The lowest BCUT2D eigenvalue weighted by atomic mass is 10.2. The number of esters is 2. The number of benzene rings is 3. The van der Waals surface area contributed by atoms with Crippen LogP contribution in [-0.2, 0) is 16.0 Å². The number of hydrogen-bond donors (Lipinski definition) is 0. The van der Waals surface area contributed by atoms with Crippen LogP contribution in [-0.4, -0.2) is 32.3 Å². The van der Waals surface area contributed by atoms with Crippen molar-refractivity contribution in [3.8, 4) is 17.2 Å². The van der Waals surface area contributed by atoms with Crippen molar-refractivity contribution in [3.05, 3.63) is 90.0 Å². The van der Waals surface area contributed by atoms with Gasteiger partial charge in [0.2, 0.25) is 0 Å². The SMILES string of the molecule is COc1ccccc1OCC(=O)Oc1ccc(C(=O)OCCc2ccccc2)cc1. The average Bonchev–Trinajstić information content (AvgIpc) is 2.79.